The summed E-state index contributed by atoms with van der Waals surface area (Å²) in [5.74, 6) is 0.349. The molecule has 0 aliphatic carbocycles. The van der Waals surface area contributed by atoms with Gasteiger partial charge in [0.2, 0.25) is 0 Å². The number of aryl methyl sites for hydroxylation is 1. The van der Waals surface area contributed by atoms with Crippen molar-refractivity contribution in [2.45, 2.75) is 58.9 Å². The maximum absolute atomic E-state index is 13.3. The minimum atomic E-state index is -0.179. The zero-order chi connectivity index (χ0) is 26.0. The number of anilines is 2. The Kier molecular flexibility index (Phi) is 9.30. The van der Waals surface area contributed by atoms with E-state index in [4.69, 9.17) is 0 Å². The molecule has 0 bridgehead atoms. The maximum atomic E-state index is 13.3. The Morgan fingerprint density at radius 3 is 2.46 bits per heavy atom. The average Bonchev–Trinajstić information content (AvgIpc) is 2.93. The predicted molar refractivity (Wildman–Crippen MR) is 150 cm³/mol. The Morgan fingerprint density at radius 1 is 0.973 bits per heavy atom. The van der Waals surface area contributed by atoms with Gasteiger partial charge in [0.15, 0.2) is 0 Å². The van der Waals surface area contributed by atoms with Crippen molar-refractivity contribution >= 4 is 23.2 Å². The fourth-order valence-electron chi connectivity index (χ4n) is 4.71. The van der Waals surface area contributed by atoms with E-state index in [0.29, 0.717) is 29.3 Å². The lowest BCUT2D eigenvalue weighted by molar-refractivity contribution is 0.0950. The molecule has 0 unspecified atom stereocenters. The van der Waals surface area contributed by atoms with Crippen LogP contribution in [0.3, 0.4) is 0 Å². The molecule has 2 amide bonds. The van der Waals surface area contributed by atoms with Gasteiger partial charge in [-0.05, 0) is 79.1 Å². The number of benzene rings is 2. The summed E-state index contributed by atoms with van der Waals surface area (Å²) in [6, 6.07) is 17.3. The van der Waals surface area contributed by atoms with Crippen LogP contribution in [-0.4, -0.2) is 29.9 Å². The highest BCUT2D eigenvalue weighted by Crippen LogP contribution is 2.29. The molecule has 0 atom stereocenters. The van der Waals surface area contributed by atoms with Gasteiger partial charge in [-0.15, -0.1) is 0 Å². The summed E-state index contributed by atoms with van der Waals surface area (Å²) in [4.78, 5) is 32.7. The fraction of sp³-hybridized carbons (Fsp3) is 0.387. The Bertz CT molecular complexity index is 1170. The van der Waals surface area contributed by atoms with Crippen LogP contribution in [0.4, 0.5) is 11.4 Å². The van der Waals surface area contributed by atoms with Crippen molar-refractivity contribution in [2.75, 3.05) is 23.3 Å². The minimum absolute atomic E-state index is 0.162. The lowest BCUT2D eigenvalue weighted by Crippen LogP contribution is -2.35. The molecule has 2 heterocycles. The molecule has 2 N–H and O–H groups in total. The van der Waals surface area contributed by atoms with Gasteiger partial charge in [0.05, 0.1) is 5.56 Å². The number of aromatic nitrogens is 1. The smallest absolute Gasteiger partial charge is 0.255 e. The Balaban J connectivity index is 1.49. The molecule has 1 saturated heterocycles. The van der Waals surface area contributed by atoms with Crippen LogP contribution >= 0.6 is 0 Å². The van der Waals surface area contributed by atoms with Crippen molar-refractivity contribution < 1.29 is 9.59 Å². The second-order valence-electron chi connectivity index (χ2n) is 10.1. The third kappa shape index (κ3) is 7.42. The van der Waals surface area contributed by atoms with E-state index >= 15 is 0 Å². The second-order valence-corrected chi connectivity index (χ2v) is 10.1. The van der Waals surface area contributed by atoms with E-state index in [0.717, 1.165) is 50.0 Å². The number of unbranched alkanes of at least 4 members (excludes halogenated alkanes) is 2. The molecule has 37 heavy (non-hydrogen) atoms. The summed E-state index contributed by atoms with van der Waals surface area (Å²) in [5, 5.41) is 6.01. The molecule has 0 saturated carbocycles. The van der Waals surface area contributed by atoms with Gasteiger partial charge in [0.1, 0.15) is 0 Å². The number of nitrogens with zero attached hydrogens (tertiary/aromatic N) is 2. The van der Waals surface area contributed by atoms with Gasteiger partial charge < -0.3 is 15.5 Å². The van der Waals surface area contributed by atoms with Crippen molar-refractivity contribution in [3.05, 3.63) is 89.2 Å². The summed E-state index contributed by atoms with van der Waals surface area (Å²) in [6.07, 6.45) is 10.3. The van der Waals surface area contributed by atoms with Crippen LogP contribution in [0.25, 0.3) is 0 Å². The van der Waals surface area contributed by atoms with Crippen molar-refractivity contribution in [3.63, 3.8) is 0 Å². The number of rotatable bonds is 10. The minimum Gasteiger partial charge on any atom is -0.371 e. The summed E-state index contributed by atoms with van der Waals surface area (Å²) < 4.78 is 0. The highest BCUT2D eigenvalue weighted by molar-refractivity contribution is 6.06. The summed E-state index contributed by atoms with van der Waals surface area (Å²) in [7, 11) is 0. The van der Waals surface area contributed by atoms with E-state index in [1.54, 1.807) is 18.5 Å². The molecular formula is C31H38N4O2. The van der Waals surface area contributed by atoms with Gasteiger partial charge in [0.25, 0.3) is 11.8 Å². The molecule has 6 nitrogen and oxygen atoms in total. The lowest BCUT2D eigenvalue weighted by Gasteiger charge is -2.33. The van der Waals surface area contributed by atoms with Crippen LogP contribution < -0.4 is 15.5 Å². The molecular weight excluding hydrogens is 460 g/mol. The van der Waals surface area contributed by atoms with Crippen LogP contribution in [0.15, 0.2) is 67.0 Å². The van der Waals surface area contributed by atoms with Gasteiger partial charge in [0, 0.05) is 49.0 Å². The first-order valence-corrected chi connectivity index (χ1v) is 13.5. The van der Waals surface area contributed by atoms with E-state index in [1.807, 2.05) is 48.5 Å². The van der Waals surface area contributed by atoms with Crippen molar-refractivity contribution in [1.82, 2.24) is 10.3 Å². The van der Waals surface area contributed by atoms with Crippen LogP contribution in [0.2, 0.25) is 0 Å². The highest BCUT2D eigenvalue weighted by Gasteiger charge is 2.22. The summed E-state index contributed by atoms with van der Waals surface area (Å²) in [5.41, 5.74) is 4.88. The fourth-order valence-corrected chi connectivity index (χ4v) is 4.71. The van der Waals surface area contributed by atoms with E-state index in [1.165, 1.54) is 18.4 Å². The van der Waals surface area contributed by atoms with Crippen LogP contribution in [0.1, 0.15) is 77.8 Å². The molecule has 1 aliphatic rings. The van der Waals surface area contributed by atoms with Crippen LogP contribution in [-0.2, 0) is 13.0 Å². The number of carbonyl (C=O) groups excluding carboxylic acids is 2. The molecule has 4 rings (SSSR count). The second kappa shape index (κ2) is 13.0. The van der Waals surface area contributed by atoms with E-state index in [9.17, 15) is 9.59 Å². The number of amides is 2. The lowest BCUT2D eigenvalue weighted by atomic mass is 9.97. The first-order chi connectivity index (χ1) is 18.0. The Hall–Kier alpha value is -3.67. The zero-order valence-corrected chi connectivity index (χ0v) is 22.0. The van der Waals surface area contributed by atoms with E-state index < -0.39 is 0 Å². The summed E-state index contributed by atoms with van der Waals surface area (Å²) >= 11 is 0. The van der Waals surface area contributed by atoms with E-state index in [2.05, 4.69) is 34.4 Å². The number of hydrogen-bond acceptors (Lipinski definition) is 4. The summed E-state index contributed by atoms with van der Waals surface area (Å²) in [6.45, 7) is 6.70. The Labute approximate surface area is 220 Å². The molecule has 6 heteroatoms. The van der Waals surface area contributed by atoms with E-state index in [-0.39, 0.29) is 11.8 Å². The molecule has 194 valence electrons. The third-order valence-corrected chi connectivity index (χ3v) is 7.08. The highest BCUT2D eigenvalue weighted by atomic mass is 16.2. The van der Waals surface area contributed by atoms with Gasteiger partial charge in [-0.1, -0.05) is 44.9 Å². The average molecular weight is 499 g/mol. The molecule has 1 aromatic heterocycles. The molecule has 0 radical (unpaired) electrons. The van der Waals surface area contributed by atoms with Gasteiger partial charge in [-0.3, -0.25) is 14.6 Å². The standard InChI is InChI=1S/C31H38N4O2/c1-3-4-5-7-24-9-11-26(12-10-24)30(36)34-27-13-14-29(35-18-15-23(2)16-19-35)28(20-27)31(37)33-22-25-8-6-17-32-21-25/h6,8-14,17,20-21,23H,3-5,7,15-16,18-19,22H2,1-2H3,(H,33,37)(H,34,36). The predicted octanol–water partition coefficient (Wildman–Crippen LogP) is 6.23. The van der Waals surface area contributed by atoms with Gasteiger partial charge >= 0.3 is 0 Å². The first-order valence-electron chi connectivity index (χ1n) is 13.5. The number of carbonyl (C=O) groups is 2. The number of pyridine rings is 1. The largest absolute Gasteiger partial charge is 0.371 e. The Morgan fingerprint density at radius 2 is 1.76 bits per heavy atom. The monoisotopic (exact) mass is 498 g/mol. The molecule has 1 fully saturated rings. The number of nitrogens with one attached hydrogen (secondary N) is 2. The van der Waals surface area contributed by atoms with Crippen molar-refractivity contribution in [2.24, 2.45) is 5.92 Å². The molecule has 1 aliphatic heterocycles. The van der Waals surface area contributed by atoms with Crippen molar-refractivity contribution in [3.8, 4) is 0 Å². The number of piperidine rings is 1. The molecule has 3 aromatic rings. The quantitative estimate of drug-likeness (QED) is 0.325. The topological polar surface area (TPSA) is 74.3 Å². The van der Waals surface area contributed by atoms with Crippen molar-refractivity contribution in [1.29, 1.82) is 0 Å². The van der Waals surface area contributed by atoms with Gasteiger partial charge in [-0.25, -0.2) is 0 Å². The molecule has 2 aromatic carbocycles. The van der Waals surface area contributed by atoms with Crippen LogP contribution in [0.5, 0.6) is 0 Å². The van der Waals surface area contributed by atoms with Gasteiger partial charge in [-0.2, -0.15) is 0 Å². The SMILES string of the molecule is CCCCCc1ccc(C(=O)Nc2ccc(N3CCC(C)CC3)c(C(=O)NCc3cccnc3)c2)cc1. The zero-order valence-electron chi connectivity index (χ0n) is 22.0. The maximum Gasteiger partial charge on any atom is 0.255 e. The number of hydrogen-bond donors (Lipinski definition) is 2. The first kappa shape index (κ1) is 26.4. The third-order valence-electron chi connectivity index (χ3n) is 7.08. The molecule has 0 spiro atoms. The van der Waals surface area contributed by atoms with Crippen LogP contribution in [0, 0.1) is 5.92 Å². The normalized spacial score (nSPS) is 13.8.